The van der Waals surface area contributed by atoms with Gasteiger partial charge in [0, 0.05) is 18.0 Å². The van der Waals surface area contributed by atoms with E-state index in [1.165, 1.54) is 36.8 Å². The number of likely N-dealkylation sites (N-methyl/N-ethyl adjacent to an activating group) is 1. The van der Waals surface area contributed by atoms with Crippen LogP contribution in [0.25, 0.3) is 0 Å². The van der Waals surface area contributed by atoms with Crippen molar-refractivity contribution in [3.63, 3.8) is 0 Å². The monoisotopic (exact) mass is 285 g/mol. The number of rotatable bonds is 4. The molecular formula is C19H27NO. The second kappa shape index (κ2) is 5.49. The first-order valence-corrected chi connectivity index (χ1v) is 8.08. The molecule has 0 spiro atoms. The van der Waals surface area contributed by atoms with E-state index in [2.05, 4.69) is 43.6 Å². The van der Waals surface area contributed by atoms with Gasteiger partial charge < -0.3 is 4.74 Å². The Labute approximate surface area is 128 Å². The average molecular weight is 285 g/mol. The normalized spacial score (nSPS) is 30.9. The fourth-order valence-corrected chi connectivity index (χ4v) is 4.90. The first kappa shape index (κ1) is 14.6. The van der Waals surface area contributed by atoms with Crippen molar-refractivity contribution < 1.29 is 4.74 Å². The molecule has 0 aromatic heterocycles. The fraction of sp³-hybridized carbons (Fsp3) is 0.579. The van der Waals surface area contributed by atoms with Gasteiger partial charge in [-0.1, -0.05) is 25.5 Å². The van der Waals surface area contributed by atoms with Gasteiger partial charge in [-0.3, -0.25) is 4.90 Å². The van der Waals surface area contributed by atoms with Crippen LogP contribution in [0.15, 0.2) is 30.9 Å². The molecule has 2 heteroatoms. The zero-order chi connectivity index (χ0) is 15.0. The van der Waals surface area contributed by atoms with Crippen molar-refractivity contribution in [2.24, 2.45) is 5.92 Å². The van der Waals surface area contributed by atoms with E-state index >= 15 is 0 Å². The molecule has 21 heavy (non-hydrogen) atoms. The van der Waals surface area contributed by atoms with Crippen molar-refractivity contribution >= 4 is 0 Å². The molecule has 0 aliphatic heterocycles. The lowest BCUT2D eigenvalue weighted by atomic mass is 9.57. The van der Waals surface area contributed by atoms with E-state index in [0.29, 0.717) is 6.04 Å². The van der Waals surface area contributed by atoms with Crippen LogP contribution in [-0.2, 0) is 11.8 Å². The summed E-state index contributed by atoms with van der Waals surface area (Å²) >= 11 is 0. The molecule has 1 aromatic carbocycles. The van der Waals surface area contributed by atoms with Crippen LogP contribution in [0.2, 0.25) is 0 Å². The van der Waals surface area contributed by atoms with Crippen LogP contribution >= 0.6 is 0 Å². The molecule has 0 amide bonds. The summed E-state index contributed by atoms with van der Waals surface area (Å²) in [5.41, 5.74) is 3.29. The molecule has 2 nitrogen and oxygen atoms in total. The Bertz CT molecular complexity index is 538. The van der Waals surface area contributed by atoms with Crippen molar-refractivity contribution in [2.75, 3.05) is 20.7 Å². The van der Waals surface area contributed by atoms with Crippen LogP contribution in [0.1, 0.15) is 37.3 Å². The van der Waals surface area contributed by atoms with Crippen LogP contribution in [0.3, 0.4) is 0 Å². The van der Waals surface area contributed by atoms with Gasteiger partial charge in [-0.15, -0.1) is 6.58 Å². The van der Waals surface area contributed by atoms with Crippen molar-refractivity contribution in [1.82, 2.24) is 4.90 Å². The van der Waals surface area contributed by atoms with Crippen molar-refractivity contribution in [3.05, 3.63) is 42.0 Å². The Hall–Kier alpha value is -1.28. The predicted molar refractivity (Wildman–Crippen MR) is 88.0 cm³/mol. The smallest absolute Gasteiger partial charge is 0.119 e. The number of benzene rings is 1. The number of fused-ring (bicyclic) bond motifs is 4. The first-order chi connectivity index (χ1) is 10.1. The summed E-state index contributed by atoms with van der Waals surface area (Å²) < 4.78 is 5.48. The zero-order valence-corrected chi connectivity index (χ0v) is 13.6. The van der Waals surface area contributed by atoms with Gasteiger partial charge in [0.15, 0.2) is 0 Å². The van der Waals surface area contributed by atoms with Crippen molar-refractivity contribution in [3.8, 4) is 5.75 Å². The lowest BCUT2D eigenvalue weighted by Crippen LogP contribution is -2.57. The predicted octanol–water partition coefficient (Wildman–Crippen LogP) is 3.80. The molecule has 2 aliphatic rings. The van der Waals surface area contributed by atoms with Gasteiger partial charge >= 0.3 is 0 Å². The molecule has 0 saturated heterocycles. The van der Waals surface area contributed by atoms with Gasteiger partial charge in [0.1, 0.15) is 5.75 Å². The second-order valence-electron chi connectivity index (χ2n) is 6.97. The third kappa shape index (κ3) is 2.30. The highest BCUT2D eigenvalue weighted by Gasteiger charge is 2.49. The molecule has 3 atom stereocenters. The molecular weight excluding hydrogens is 258 g/mol. The van der Waals surface area contributed by atoms with Gasteiger partial charge in [0.05, 0.1) is 7.11 Å². The van der Waals surface area contributed by atoms with E-state index in [4.69, 9.17) is 4.74 Å². The first-order valence-electron chi connectivity index (χ1n) is 8.08. The van der Waals surface area contributed by atoms with E-state index in [1.807, 2.05) is 6.08 Å². The van der Waals surface area contributed by atoms with E-state index < -0.39 is 0 Å². The SMILES string of the molecule is C=CCN(C)C1C2CCCC1(C)c1cc(OC)ccc1C2. The quantitative estimate of drug-likeness (QED) is 0.780. The highest BCUT2D eigenvalue weighted by molar-refractivity contribution is 5.45. The molecule has 3 unspecified atom stereocenters. The molecule has 0 radical (unpaired) electrons. The Morgan fingerprint density at radius 2 is 2.29 bits per heavy atom. The van der Waals surface area contributed by atoms with Gasteiger partial charge in [-0.2, -0.15) is 0 Å². The number of hydrogen-bond acceptors (Lipinski definition) is 2. The Balaban J connectivity index is 2.07. The lowest BCUT2D eigenvalue weighted by Gasteiger charge is -2.54. The fourth-order valence-electron chi connectivity index (χ4n) is 4.90. The topological polar surface area (TPSA) is 12.5 Å². The molecule has 0 heterocycles. The van der Waals surface area contributed by atoms with E-state index in [1.54, 1.807) is 7.11 Å². The standard InChI is InChI=1S/C19H27NO/c1-5-11-20(3)18-15-7-6-10-19(18,2)17-13-16(21-4)9-8-14(17)12-15/h5,8-9,13,15,18H,1,6-7,10-12H2,2-4H3. The number of ether oxygens (including phenoxy) is 1. The summed E-state index contributed by atoms with van der Waals surface area (Å²) in [5, 5.41) is 0. The molecule has 1 aromatic rings. The maximum Gasteiger partial charge on any atom is 0.119 e. The molecule has 1 fully saturated rings. The summed E-state index contributed by atoms with van der Waals surface area (Å²) in [6.45, 7) is 7.35. The van der Waals surface area contributed by atoms with E-state index in [9.17, 15) is 0 Å². The summed E-state index contributed by atoms with van der Waals surface area (Å²) in [5.74, 6) is 1.76. The van der Waals surface area contributed by atoms with Crippen molar-refractivity contribution in [1.29, 1.82) is 0 Å². The van der Waals surface area contributed by atoms with Gasteiger partial charge in [0.2, 0.25) is 0 Å². The highest BCUT2D eigenvalue weighted by atomic mass is 16.5. The van der Waals surface area contributed by atoms with Crippen LogP contribution in [0.4, 0.5) is 0 Å². The van der Waals surface area contributed by atoms with Gasteiger partial charge in [0.25, 0.3) is 0 Å². The Morgan fingerprint density at radius 1 is 1.48 bits per heavy atom. The third-order valence-electron chi connectivity index (χ3n) is 5.68. The minimum absolute atomic E-state index is 0.239. The van der Waals surface area contributed by atoms with E-state index in [-0.39, 0.29) is 5.41 Å². The van der Waals surface area contributed by atoms with Gasteiger partial charge in [-0.25, -0.2) is 0 Å². The Morgan fingerprint density at radius 3 is 3.00 bits per heavy atom. The summed E-state index contributed by atoms with van der Waals surface area (Å²) in [6.07, 6.45) is 7.21. The van der Waals surface area contributed by atoms with Crippen LogP contribution in [-0.4, -0.2) is 31.6 Å². The second-order valence-corrected chi connectivity index (χ2v) is 6.97. The maximum absolute atomic E-state index is 5.48. The van der Waals surface area contributed by atoms with Gasteiger partial charge in [-0.05, 0) is 55.5 Å². The largest absolute Gasteiger partial charge is 0.497 e. The van der Waals surface area contributed by atoms with Crippen LogP contribution in [0.5, 0.6) is 5.75 Å². The molecule has 2 aliphatic carbocycles. The molecule has 0 N–H and O–H groups in total. The lowest BCUT2D eigenvalue weighted by molar-refractivity contribution is 0.0532. The third-order valence-corrected chi connectivity index (χ3v) is 5.68. The minimum atomic E-state index is 0.239. The minimum Gasteiger partial charge on any atom is -0.497 e. The molecule has 114 valence electrons. The molecule has 3 rings (SSSR count). The maximum atomic E-state index is 5.48. The average Bonchev–Trinajstić information content (AvgIpc) is 2.46. The Kier molecular flexibility index (Phi) is 3.83. The van der Waals surface area contributed by atoms with Crippen molar-refractivity contribution in [2.45, 2.75) is 44.1 Å². The zero-order valence-electron chi connectivity index (χ0n) is 13.6. The molecule has 2 bridgehead atoms. The number of nitrogens with zero attached hydrogens (tertiary/aromatic N) is 1. The molecule has 1 saturated carbocycles. The number of hydrogen-bond donors (Lipinski definition) is 0. The van der Waals surface area contributed by atoms with Crippen LogP contribution < -0.4 is 4.74 Å². The number of methoxy groups -OCH3 is 1. The summed E-state index contributed by atoms with van der Waals surface area (Å²) in [4.78, 5) is 2.51. The highest BCUT2D eigenvalue weighted by Crippen LogP contribution is 2.51. The van der Waals surface area contributed by atoms with E-state index in [0.717, 1.165) is 18.2 Å². The summed E-state index contributed by atoms with van der Waals surface area (Å²) in [7, 11) is 4.02. The summed E-state index contributed by atoms with van der Waals surface area (Å²) in [6, 6.07) is 7.30. The van der Waals surface area contributed by atoms with Crippen LogP contribution in [0, 0.1) is 5.92 Å².